The molecule has 13 heavy (non-hydrogen) atoms. The fourth-order valence-electron chi connectivity index (χ4n) is 1.23. The van der Waals surface area contributed by atoms with Gasteiger partial charge in [0.1, 0.15) is 0 Å². The Kier molecular flexibility index (Phi) is 2.37. The number of hydrogen-bond donors (Lipinski definition) is 0. The molecule has 1 heterocycles. The van der Waals surface area contributed by atoms with Crippen molar-refractivity contribution in [3.63, 3.8) is 0 Å². The van der Waals surface area contributed by atoms with Crippen molar-refractivity contribution >= 4 is 14.5 Å². The van der Waals surface area contributed by atoms with E-state index >= 15 is 0 Å². The molecule has 0 aliphatic heterocycles. The van der Waals surface area contributed by atoms with Crippen molar-refractivity contribution in [1.29, 1.82) is 0 Å². The van der Waals surface area contributed by atoms with E-state index in [9.17, 15) is 0 Å². The van der Waals surface area contributed by atoms with Gasteiger partial charge in [0.25, 0.3) is 0 Å². The van der Waals surface area contributed by atoms with Gasteiger partial charge < -0.3 is 0 Å². The number of pyridine rings is 1. The predicted molar refractivity (Wildman–Crippen MR) is 59.0 cm³/mol. The largest absolute Gasteiger partial charge is 0.256 e. The minimum atomic E-state index is 1.02. The molecule has 0 amide bonds. The molecule has 0 saturated carbocycles. The molecule has 1 aromatic carbocycles. The Morgan fingerprint density at radius 1 is 1.00 bits per heavy atom. The Labute approximate surface area is 80.0 Å². The third kappa shape index (κ3) is 1.93. The Hall–Kier alpha value is -1.20. The molecule has 0 aliphatic carbocycles. The Morgan fingerprint density at radius 2 is 1.92 bits per heavy atom. The van der Waals surface area contributed by atoms with Gasteiger partial charge in [0, 0.05) is 11.8 Å². The summed E-state index contributed by atoms with van der Waals surface area (Å²) in [5, 5.41) is 1.18. The van der Waals surface area contributed by atoms with Crippen LogP contribution in [0.2, 0.25) is 0 Å². The molecule has 1 unspecified atom stereocenters. The van der Waals surface area contributed by atoms with Crippen LogP contribution >= 0.6 is 9.24 Å². The van der Waals surface area contributed by atoms with Crippen molar-refractivity contribution < 1.29 is 0 Å². The molecule has 0 bridgehead atoms. The van der Waals surface area contributed by atoms with Gasteiger partial charge in [-0.2, -0.15) is 0 Å². The van der Waals surface area contributed by atoms with Crippen LogP contribution in [0.5, 0.6) is 0 Å². The first kappa shape index (κ1) is 8.40. The molecular weight excluding hydrogens is 177 g/mol. The van der Waals surface area contributed by atoms with E-state index in [0.29, 0.717) is 0 Å². The zero-order valence-corrected chi connectivity index (χ0v) is 8.30. The van der Waals surface area contributed by atoms with Crippen molar-refractivity contribution in [3.8, 4) is 11.3 Å². The van der Waals surface area contributed by atoms with Crippen molar-refractivity contribution in [1.82, 2.24) is 4.98 Å². The van der Waals surface area contributed by atoms with E-state index in [1.807, 2.05) is 30.5 Å². The van der Waals surface area contributed by atoms with Gasteiger partial charge in [0.15, 0.2) is 0 Å². The van der Waals surface area contributed by atoms with Crippen LogP contribution < -0.4 is 5.30 Å². The molecule has 0 aliphatic rings. The SMILES string of the molecule is Pc1cccc(-c2ccccn2)c1. The van der Waals surface area contributed by atoms with E-state index in [0.717, 1.165) is 11.3 Å². The predicted octanol–water partition coefficient (Wildman–Crippen LogP) is 2.25. The van der Waals surface area contributed by atoms with E-state index in [2.05, 4.69) is 32.4 Å². The first-order valence-electron chi connectivity index (χ1n) is 4.13. The van der Waals surface area contributed by atoms with Crippen LogP contribution in [0.1, 0.15) is 0 Å². The molecule has 0 radical (unpaired) electrons. The maximum Gasteiger partial charge on any atom is 0.0702 e. The molecule has 2 aromatic rings. The molecule has 1 atom stereocenters. The highest BCUT2D eigenvalue weighted by Gasteiger charge is 1.96. The summed E-state index contributed by atoms with van der Waals surface area (Å²) < 4.78 is 0. The van der Waals surface area contributed by atoms with Gasteiger partial charge in [0.2, 0.25) is 0 Å². The first-order valence-corrected chi connectivity index (χ1v) is 4.71. The van der Waals surface area contributed by atoms with Gasteiger partial charge in [-0.15, -0.1) is 9.24 Å². The fraction of sp³-hybridized carbons (Fsp3) is 0. The van der Waals surface area contributed by atoms with Crippen LogP contribution in [-0.2, 0) is 0 Å². The third-order valence-electron chi connectivity index (χ3n) is 1.85. The second-order valence-corrected chi connectivity index (χ2v) is 3.51. The molecule has 64 valence electrons. The second kappa shape index (κ2) is 3.68. The molecule has 2 heteroatoms. The molecule has 1 nitrogen and oxygen atoms in total. The zero-order chi connectivity index (χ0) is 9.10. The maximum absolute atomic E-state index is 4.28. The minimum Gasteiger partial charge on any atom is -0.256 e. The minimum absolute atomic E-state index is 1.02. The number of aromatic nitrogens is 1. The van der Waals surface area contributed by atoms with Gasteiger partial charge in [-0.05, 0) is 23.5 Å². The van der Waals surface area contributed by atoms with Crippen LogP contribution in [0, 0.1) is 0 Å². The normalized spacial score (nSPS) is 9.92. The molecular formula is C11H10NP. The van der Waals surface area contributed by atoms with Crippen molar-refractivity contribution in [2.75, 3.05) is 0 Å². The molecule has 2 rings (SSSR count). The van der Waals surface area contributed by atoms with Gasteiger partial charge in [-0.25, -0.2) is 0 Å². The molecule has 0 N–H and O–H groups in total. The number of rotatable bonds is 1. The highest BCUT2D eigenvalue weighted by atomic mass is 31.0. The van der Waals surface area contributed by atoms with Gasteiger partial charge in [-0.1, -0.05) is 24.3 Å². The first-order chi connectivity index (χ1) is 6.36. The summed E-state index contributed by atoms with van der Waals surface area (Å²) >= 11 is 0. The average molecular weight is 187 g/mol. The maximum atomic E-state index is 4.28. The lowest BCUT2D eigenvalue weighted by Crippen LogP contribution is -1.90. The summed E-state index contributed by atoms with van der Waals surface area (Å²) in [7, 11) is 2.69. The smallest absolute Gasteiger partial charge is 0.0702 e. The second-order valence-electron chi connectivity index (χ2n) is 2.84. The topological polar surface area (TPSA) is 12.9 Å². The Balaban J connectivity index is 2.48. The molecule has 1 aromatic heterocycles. The zero-order valence-electron chi connectivity index (χ0n) is 7.14. The van der Waals surface area contributed by atoms with Gasteiger partial charge in [0.05, 0.1) is 5.69 Å². The molecule has 0 spiro atoms. The summed E-state index contributed by atoms with van der Waals surface area (Å²) in [6.45, 7) is 0. The van der Waals surface area contributed by atoms with Crippen LogP contribution in [0.4, 0.5) is 0 Å². The van der Waals surface area contributed by atoms with E-state index < -0.39 is 0 Å². The van der Waals surface area contributed by atoms with Crippen molar-refractivity contribution in [3.05, 3.63) is 48.7 Å². The molecule has 0 fully saturated rings. The van der Waals surface area contributed by atoms with Crippen LogP contribution in [0.15, 0.2) is 48.7 Å². The summed E-state index contributed by atoms with van der Waals surface area (Å²) in [6.07, 6.45) is 1.81. The summed E-state index contributed by atoms with van der Waals surface area (Å²) in [6, 6.07) is 14.2. The number of benzene rings is 1. The standard InChI is InChI=1S/C11H10NP/c13-10-5-3-4-9(8-10)11-6-1-2-7-12-11/h1-8H,13H2. The fourth-order valence-corrected chi connectivity index (χ4v) is 1.52. The van der Waals surface area contributed by atoms with Crippen molar-refractivity contribution in [2.45, 2.75) is 0 Å². The van der Waals surface area contributed by atoms with E-state index in [1.54, 1.807) is 0 Å². The van der Waals surface area contributed by atoms with E-state index in [1.165, 1.54) is 5.30 Å². The lowest BCUT2D eigenvalue weighted by atomic mass is 10.1. The summed E-state index contributed by atoms with van der Waals surface area (Å²) in [5.41, 5.74) is 2.18. The highest BCUT2D eigenvalue weighted by molar-refractivity contribution is 7.27. The van der Waals surface area contributed by atoms with Gasteiger partial charge >= 0.3 is 0 Å². The van der Waals surface area contributed by atoms with Crippen molar-refractivity contribution in [2.24, 2.45) is 0 Å². The summed E-state index contributed by atoms with van der Waals surface area (Å²) in [4.78, 5) is 4.28. The van der Waals surface area contributed by atoms with Gasteiger partial charge in [-0.3, -0.25) is 4.98 Å². The van der Waals surface area contributed by atoms with E-state index in [-0.39, 0.29) is 0 Å². The number of nitrogens with zero attached hydrogens (tertiary/aromatic N) is 1. The molecule has 0 saturated heterocycles. The Morgan fingerprint density at radius 3 is 2.62 bits per heavy atom. The third-order valence-corrected chi connectivity index (χ3v) is 2.21. The number of hydrogen-bond acceptors (Lipinski definition) is 1. The monoisotopic (exact) mass is 187 g/mol. The lowest BCUT2D eigenvalue weighted by Gasteiger charge is -2.00. The quantitative estimate of drug-likeness (QED) is 0.624. The summed E-state index contributed by atoms with van der Waals surface area (Å²) in [5.74, 6) is 0. The highest BCUT2D eigenvalue weighted by Crippen LogP contribution is 2.14. The van der Waals surface area contributed by atoms with Crippen LogP contribution in [0.25, 0.3) is 11.3 Å². The van der Waals surface area contributed by atoms with E-state index in [4.69, 9.17) is 0 Å². The lowest BCUT2D eigenvalue weighted by molar-refractivity contribution is 1.33. The Bertz CT molecular complexity index is 398. The average Bonchev–Trinajstić information content (AvgIpc) is 2.19. The van der Waals surface area contributed by atoms with Crippen LogP contribution in [-0.4, -0.2) is 4.98 Å². The van der Waals surface area contributed by atoms with Crippen LogP contribution in [0.3, 0.4) is 0 Å².